The Bertz CT molecular complexity index is 697. The predicted molar refractivity (Wildman–Crippen MR) is 76.1 cm³/mol. The number of fused-ring (bicyclic) bond motifs is 1. The molecule has 3 nitrogen and oxygen atoms in total. The summed E-state index contributed by atoms with van der Waals surface area (Å²) in [7, 11) is 0. The van der Waals surface area contributed by atoms with Gasteiger partial charge < -0.3 is 5.73 Å². The maximum atomic E-state index is 5.91. The van der Waals surface area contributed by atoms with Crippen LogP contribution in [0.5, 0.6) is 0 Å². The van der Waals surface area contributed by atoms with Crippen molar-refractivity contribution in [3.8, 4) is 11.3 Å². The zero-order valence-electron chi connectivity index (χ0n) is 9.85. The number of nitrogens with zero attached hydrogens (tertiary/aromatic N) is 2. The van der Waals surface area contributed by atoms with Gasteiger partial charge in [-0.05, 0) is 19.1 Å². The zero-order valence-corrected chi connectivity index (χ0v) is 11.4. The van der Waals surface area contributed by atoms with Gasteiger partial charge in [0.15, 0.2) is 4.96 Å². The van der Waals surface area contributed by atoms with E-state index in [0.29, 0.717) is 6.54 Å². The Balaban J connectivity index is 2.25. The largest absolute Gasteiger partial charge is 0.325 e. The topological polar surface area (TPSA) is 43.3 Å². The van der Waals surface area contributed by atoms with Crippen LogP contribution in [-0.4, -0.2) is 9.38 Å². The van der Waals surface area contributed by atoms with E-state index in [1.54, 1.807) is 11.3 Å². The molecule has 1 aromatic carbocycles. The van der Waals surface area contributed by atoms with E-state index in [9.17, 15) is 0 Å². The molecule has 0 bridgehead atoms. The lowest BCUT2D eigenvalue weighted by Crippen LogP contribution is -2.03. The maximum absolute atomic E-state index is 5.91. The molecule has 0 fully saturated rings. The Morgan fingerprint density at radius 3 is 2.72 bits per heavy atom. The van der Waals surface area contributed by atoms with Gasteiger partial charge in [-0.2, -0.15) is 0 Å². The second-order valence-corrected chi connectivity index (χ2v) is 5.39. The van der Waals surface area contributed by atoms with Crippen molar-refractivity contribution in [3.63, 3.8) is 0 Å². The number of rotatable bonds is 2. The van der Waals surface area contributed by atoms with Gasteiger partial charge in [-0.25, -0.2) is 4.98 Å². The summed E-state index contributed by atoms with van der Waals surface area (Å²) in [6.45, 7) is 2.53. The van der Waals surface area contributed by atoms with Gasteiger partial charge in [-0.15, -0.1) is 11.3 Å². The van der Waals surface area contributed by atoms with Crippen LogP contribution in [0.25, 0.3) is 16.2 Å². The minimum Gasteiger partial charge on any atom is -0.325 e. The molecule has 3 aromatic rings. The van der Waals surface area contributed by atoms with Crippen LogP contribution >= 0.6 is 22.9 Å². The maximum Gasteiger partial charge on any atom is 0.194 e. The predicted octanol–water partition coefficient (Wildman–Crippen LogP) is 3.48. The first kappa shape index (κ1) is 11.7. The molecule has 2 aromatic heterocycles. The van der Waals surface area contributed by atoms with Gasteiger partial charge in [0.25, 0.3) is 0 Å². The monoisotopic (exact) mass is 277 g/mol. The molecule has 0 spiro atoms. The number of imidazole rings is 1. The van der Waals surface area contributed by atoms with E-state index in [1.165, 1.54) is 5.69 Å². The molecule has 92 valence electrons. The molecule has 0 aliphatic rings. The highest BCUT2D eigenvalue weighted by atomic mass is 35.5. The molecule has 3 rings (SSSR count). The molecule has 2 heterocycles. The standard InChI is InChI=1S/C13H12ClN3S/c1-8-7-18-13-16-12(11(6-15)17(8)13)9-2-4-10(14)5-3-9/h2-5,7H,6,15H2,1H3. The number of halogens is 1. The van der Waals surface area contributed by atoms with E-state index in [4.69, 9.17) is 17.3 Å². The third-order valence-corrected chi connectivity index (χ3v) is 4.14. The highest BCUT2D eigenvalue weighted by Crippen LogP contribution is 2.28. The molecule has 0 aliphatic heterocycles. The van der Waals surface area contributed by atoms with E-state index < -0.39 is 0 Å². The third kappa shape index (κ3) is 1.73. The lowest BCUT2D eigenvalue weighted by Gasteiger charge is -2.02. The van der Waals surface area contributed by atoms with Gasteiger partial charge >= 0.3 is 0 Å². The minimum absolute atomic E-state index is 0.469. The first-order valence-electron chi connectivity index (χ1n) is 5.62. The summed E-state index contributed by atoms with van der Waals surface area (Å²) in [6, 6.07) is 7.70. The Morgan fingerprint density at radius 2 is 2.06 bits per heavy atom. The molecule has 0 atom stereocenters. The van der Waals surface area contributed by atoms with E-state index >= 15 is 0 Å². The third-order valence-electron chi connectivity index (χ3n) is 2.94. The fourth-order valence-electron chi connectivity index (χ4n) is 2.09. The fraction of sp³-hybridized carbons (Fsp3) is 0.154. The van der Waals surface area contributed by atoms with Crippen LogP contribution in [0.15, 0.2) is 29.6 Å². The fourth-order valence-corrected chi connectivity index (χ4v) is 3.10. The van der Waals surface area contributed by atoms with Gasteiger partial charge in [0.1, 0.15) is 0 Å². The summed E-state index contributed by atoms with van der Waals surface area (Å²) in [5.41, 5.74) is 10.1. The summed E-state index contributed by atoms with van der Waals surface area (Å²) in [6.07, 6.45) is 0. The molecule has 0 saturated carbocycles. The summed E-state index contributed by atoms with van der Waals surface area (Å²) in [4.78, 5) is 5.65. The van der Waals surface area contributed by atoms with Gasteiger partial charge in [0.05, 0.1) is 11.4 Å². The van der Waals surface area contributed by atoms with Crippen LogP contribution in [0.2, 0.25) is 5.02 Å². The van der Waals surface area contributed by atoms with E-state index in [1.807, 2.05) is 24.3 Å². The summed E-state index contributed by atoms with van der Waals surface area (Å²) >= 11 is 7.54. The number of hydrogen-bond donors (Lipinski definition) is 1. The van der Waals surface area contributed by atoms with Crippen LogP contribution < -0.4 is 5.73 Å². The SMILES string of the molecule is Cc1csc2nc(-c3ccc(Cl)cc3)c(CN)n12. The highest BCUT2D eigenvalue weighted by Gasteiger charge is 2.15. The molecule has 0 aliphatic carbocycles. The number of aromatic nitrogens is 2. The molecular formula is C13H12ClN3S. The zero-order chi connectivity index (χ0) is 12.7. The minimum atomic E-state index is 0.469. The van der Waals surface area contributed by atoms with Crippen molar-refractivity contribution >= 4 is 27.9 Å². The molecule has 2 N–H and O–H groups in total. The van der Waals surface area contributed by atoms with Gasteiger partial charge in [-0.1, -0.05) is 23.7 Å². The lowest BCUT2D eigenvalue weighted by atomic mass is 10.1. The normalized spacial score (nSPS) is 11.3. The van der Waals surface area contributed by atoms with Gasteiger partial charge in [-0.3, -0.25) is 4.40 Å². The molecule has 5 heteroatoms. The van der Waals surface area contributed by atoms with E-state index in [0.717, 1.165) is 26.9 Å². The van der Waals surface area contributed by atoms with Crippen LogP contribution in [0.4, 0.5) is 0 Å². The first-order chi connectivity index (χ1) is 8.70. The van der Waals surface area contributed by atoms with Crippen LogP contribution in [-0.2, 0) is 6.54 Å². The van der Waals surface area contributed by atoms with E-state index in [2.05, 4.69) is 21.7 Å². The number of benzene rings is 1. The van der Waals surface area contributed by atoms with Crippen LogP contribution in [0.3, 0.4) is 0 Å². The Kier molecular flexibility index (Phi) is 2.86. The molecule has 0 radical (unpaired) electrons. The van der Waals surface area contributed by atoms with Crippen LogP contribution in [0.1, 0.15) is 11.4 Å². The Morgan fingerprint density at radius 1 is 1.33 bits per heavy atom. The number of thiazole rings is 1. The van der Waals surface area contributed by atoms with Gasteiger partial charge in [0.2, 0.25) is 0 Å². The van der Waals surface area contributed by atoms with Gasteiger partial charge in [0, 0.05) is 28.2 Å². The van der Waals surface area contributed by atoms with Crippen molar-refractivity contribution < 1.29 is 0 Å². The van der Waals surface area contributed by atoms with Crippen LogP contribution in [0, 0.1) is 6.92 Å². The van der Waals surface area contributed by atoms with Crippen molar-refractivity contribution in [2.24, 2.45) is 5.73 Å². The smallest absolute Gasteiger partial charge is 0.194 e. The summed E-state index contributed by atoms with van der Waals surface area (Å²) in [5.74, 6) is 0. The van der Waals surface area contributed by atoms with Crippen molar-refractivity contribution in [1.82, 2.24) is 9.38 Å². The average molecular weight is 278 g/mol. The molecular weight excluding hydrogens is 266 g/mol. The van der Waals surface area contributed by atoms with Crippen molar-refractivity contribution in [2.45, 2.75) is 13.5 Å². The molecule has 0 unspecified atom stereocenters. The van der Waals surface area contributed by atoms with Crippen molar-refractivity contribution in [2.75, 3.05) is 0 Å². The Labute approximate surface area is 114 Å². The summed E-state index contributed by atoms with van der Waals surface area (Å²) in [5, 5.41) is 2.82. The number of hydrogen-bond acceptors (Lipinski definition) is 3. The molecule has 18 heavy (non-hydrogen) atoms. The van der Waals surface area contributed by atoms with Crippen molar-refractivity contribution in [1.29, 1.82) is 0 Å². The first-order valence-corrected chi connectivity index (χ1v) is 6.88. The quantitative estimate of drug-likeness (QED) is 0.779. The second-order valence-electron chi connectivity index (χ2n) is 4.11. The lowest BCUT2D eigenvalue weighted by molar-refractivity contribution is 0.946. The summed E-state index contributed by atoms with van der Waals surface area (Å²) < 4.78 is 2.12. The Hall–Kier alpha value is -1.36. The molecule has 0 saturated heterocycles. The number of aryl methyl sites for hydroxylation is 1. The average Bonchev–Trinajstić information content (AvgIpc) is 2.91. The van der Waals surface area contributed by atoms with Crippen molar-refractivity contribution in [3.05, 3.63) is 46.1 Å². The van der Waals surface area contributed by atoms with E-state index in [-0.39, 0.29) is 0 Å². The number of nitrogens with two attached hydrogens (primary N) is 1. The highest BCUT2D eigenvalue weighted by molar-refractivity contribution is 7.15. The molecule has 0 amide bonds. The second kappa shape index (κ2) is 4.39.